The summed E-state index contributed by atoms with van der Waals surface area (Å²) in [5.74, 6) is 2.77. The Kier molecular flexibility index (Phi) is 6.54. The summed E-state index contributed by atoms with van der Waals surface area (Å²) in [6.45, 7) is 0.303. The molecule has 1 heterocycles. The Balaban J connectivity index is 1.60. The topological polar surface area (TPSA) is 75.5 Å². The number of nitrogens with zero attached hydrogens (tertiary/aromatic N) is 3. The van der Waals surface area contributed by atoms with E-state index in [-0.39, 0.29) is 11.5 Å². The molecule has 0 saturated carbocycles. The molecule has 3 aromatic rings. The van der Waals surface area contributed by atoms with E-state index in [1.54, 1.807) is 32.4 Å². The molecular weight excluding hydrogens is 378 g/mol. The third-order valence-corrected chi connectivity index (χ3v) is 5.09. The van der Waals surface area contributed by atoms with Crippen LogP contribution in [0.2, 0.25) is 0 Å². The highest BCUT2D eigenvalue weighted by Gasteiger charge is 2.15. The molecule has 28 heavy (non-hydrogen) atoms. The quantitative estimate of drug-likeness (QED) is 0.403. The third-order valence-electron chi connectivity index (χ3n) is 4.07. The predicted octanol–water partition coefficient (Wildman–Crippen LogP) is 3.39. The van der Waals surface area contributed by atoms with Crippen molar-refractivity contribution in [2.24, 2.45) is 7.05 Å². The molecular formula is C20H21N3O4S. The van der Waals surface area contributed by atoms with E-state index in [1.165, 1.54) is 11.8 Å². The Labute approximate surface area is 167 Å². The highest BCUT2D eigenvalue weighted by atomic mass is 32.2. The molecule has 0 aliphatic heterocycles. The van der Waals surface area contributed by atoms with E-state index in [1.807, 2.05) is 41.9 Å². The van der Waals surface area contributed by atoms with Gasteiger partial charge < -0.3 is 18.8 Å². The van der Waals surface area contributed by atoms with Gasteiger partial charge in [0.25, 0.3) is 0 Å². The van der Waals surface area contributed by atoms with Crippen molar-refractivity contribution in [3.63, 3.8) is 0 Å². The van der Waals surface area contributed by atoms with E-state index in [4.69, 9.17) is 14.2 Å². The number of Topliss-reactive ketones (excluding diaryl/α,β-unsaturated/α-hetero) is 1. The van der Waals surface area contributed by atoms with Gasteiger partial charge >= 0.3 is 0 Å². The van der Waals surface area contributed by atoms with Gasteiger partial charge in [0.2, 0.25) is 0 Å². The molecule has 8 heteroatoms. The van der Waals surface area contributed by atoms with Crippen molar-refractivity contribution >= 4 is 17.5 Å². The summed E-state index contributed by atoms with van der Waals surface area (Å²) in [7, 11) is 4.95. The normalized spacial score (nSPS) is 10.5. The summed E-state index contributed by atoms with van der Waals surface area (Å²) in [6.07, 6.45) is 0. The monoisotopic (exact) mass is 399 g/mol. The van der Waals surface area contributed by atoms with E-state index in [9.17, 15) is 4.79 Å². The summed E-state index contributed by atoms with van der Waals surface area (Å²) in [6, 6.07) is 14.6. The van der Waals surface area contributed by atoms with Crippen LogP contribution in [-0.2, 0) is 13.7 Å². The van der Waals surface area contributed by atoms with Gasteiger partial charge in [-0.1, -0.05) is 30.0 Å². The Bertz CT molecular complexity index is 944. The zero-order chi connectivity index (χ0) is 19.9. The molecule has 0 amide bonds. The van der Waals surface area contributed by atoms with Crippen molar-refractivity contribution < 1.29 is 19.0 Å². The average molecular weight is 399 g/mol. The van der Waals surface area contributed by atoms with Crippen molar-refractivity contribution in [2.45, 2.75) is 11.8 Å². The standard InChI is InChI=1S/C20H21N3O4S/c1-23-19(12-27-15-7-5-4-6-8-15)21-22-20(23)28-13-16(24)14-9-10-17(25-2)18(11-14)26-3/h4-11H,12-13H2,1-3H3. The molecule has 146 valence electrons. The van der Waals surface area contributed by atoms with Crippen LogP contribution in [0, 0.1) is 0 Å². The van der Waals surface area contributed by atoms with Crippen molar-refractivity contribution in [3.05, 3.63) is 59.9 Å². The van der Waals surface area contributed by atoms with Gasteiger partial charge in [0.1, 0.15) is 12.4 Å². The molecule has 0 atom stereocenters. The zero-order valence-electron chi connectivity index (χ0n) is 15.9. The lowest BCUT2D eigenvalue weighted by atomic mass is 10.1. The van der Waals surface area contributed by atoms with Crippen molar-refractivity contribution in [2.75, 3.05) is 20.0 Å². The van der Waals surface area contributed by atoms with Gasteiger partial charge in [-0.3, -0.25) is 4.79 Å². The number of hydrogen-bond acceptors (Lipinski definition) is 7. The first kappa shape index (κ1) is 19.8. The fraction of sp³-hybridized carbons (Fsp3) is 0.250. The molecule has 7 nitrogen and oxygen atoms in total. The van der Waals surface area contributed by atoms with Gasteiger partial charge in [-0.2, -0.15) is 0 Å². The zero-order valence-corrected chi connectivity index (χ0v) is 16.7. The maximum atomic E-state index is 12.5. The molecule has 3 rings (SSSR count). The molecule has 0 bridgehead atoms. The number of carbonyl (C=O) groups is 1. The van der Waals surface area contributed by atoms with Gasteiger partial charge in [0.15, 0.2) is 28.3 Å². The molecule has 0 saturated heterocycles. The largest absolute Gasteiger partial charge is 0.493 e. The van der Waals surface area contributed by atoms with Crippen molar-refractivity contribution in [1.82, 2.24) is 14.8 Å². The van der Waals surface area contributed by atoms with Crippen molar-refractivity contribution in [3.8, 4) is 17.2 Å². The van der Waals surface area contributed by atoms with Gasteiger partial charge in [-0.05, 0) is 30.3 Å². The van der Waals surface area contributed by atoms with Gasteiger partial charge in [-0.15, -0.1) is 10.2 Å². The lowest BCUT2D eigenvalue weighted by molar-refractivity contribution is 0.102. The first-order chi connectivity index (χ1) is 13.6. The molecule has 0 fully saturated rings. The van der Waals surface area contributed by atoms with Gasteiger partial charge in [0, 0.05) is 12.6 Å². The fourth-order valence-electron chi connectivity index (χ4n) is 2.48. The smallest absolute Gasteiger partial charge is 0.191 e. The Morgan fingerprint density at radius 1 is 1.04 bits per heavy atom. The number of carbonyl (C=O) groups excluding carboxylic acids is 1. The van der Waals surface area contributed by atoms with Crippen LogP contribution in [-0.4, -0.2) is 40.5 Å². The Morgan fingerprint density at radius 3 is 2.50 bits per heavy atom. The number of ketones is 1. The molecule has 0 aliphatic carbocycles. The van der Waals surface area contributed by atoms with Crippen LogP contribution in [0.15, 0.2) is 53.7 Å². The number of rotatable bonds is 9. The molecule has 0 N–H and O–H groups in total. The lowest BCUT2D eigenvalue weighted by Gasteiger charge is -2.09. The molecule has 0 unspecified atom stereocenters. The summed E-state index contributed by atoms with van der Waals surface area (Å²) < 4.78 is 18.0. The van der Waals surface area contributed by atoms with E-state index in [0.29, 0.717) is 34.7 Å². The summed E-state index contributed by atoms with van der Waals surface area (Å²) >= 11 is 1.33. The maximum Gasteiger partial charge on any atom is 0.191 e. The molecule has 1 aromatic heterocycles. The molecule has 0 spiro atoms. The highest BCUT2D eigenvalue weighted by molar-refractivity contribution is 7.99. The number of methoxy groups -OCH3 is 2. The number of thioether (sulfide) groups is 1. The molecule has 0 radical (unpaired) electrons. The van der Waals surface area contributed by atoms with Gasteiger partial charge in [-0.25, -0.2) is 0 Å². The van der Waals surface area contributed by atoms with Crippen LogP contribution < -0.4 is 14.2 Å². The van der Waals surface area contributed by atoms with E-state index in [2.05, 4.69) is 10.2 Å². The Hall–Kier alpha value is -3.00. The second kappa shape index (κ2) is 9.27. The minimum atomic E-state index is -0.0314. The first-order valence-corrected chi connectivity index (χ1v) is 9.55. The van der Waals surface area contributed by atoms with Crippen LogP contribution in [0.25, 0.3) is 0 Å². The minimum Gasteiger partial charge on any atom is -0.493 e. The number of aromatic nitrogens is 3. The summed E-state index contributed by atoms with van der Waals surface area (Å²) in [5.41, 5.74) is 0.556. The van der Waals surface area contributed by atoms with E-state index in [0.717, 1.165) is 5.75 Å². The number of benzene rings is 2. The fourth-order valence-corrected chi connectivity index (χ4v) is 3.31. The van der Waals surface area contributed by atoms with Crippen LogP contribution in [0.3, 0.4) is 0 Å². The van der Waals surface area contributed by atoms with E-state index >= 15 is 0 Å². The molecule has 2 aromatic carbocycles. The molecule has 0 aliphatic rings. The van der Waals surface area contributed by atoms with Crippen molar-refractivity contribution in [1.29, 1.82) is 0 Å². The highest BCUT2D eigenvalue weighted by Crippen LogP contribution is 2.28. The Morgan fingerprint density at radius 2 is 1.79 bits per heavy atom. The summed E-state index contributed by atoms with van der Waals surface area (Å²) in [4.78, 5) is 12.5. The van der Waals surface area contributed by atoms with E-state index < -0.39 is 0 Å². The number of hydrogen-bond donors (Lipinski definition) is 0. The maximum absolute atomic E-state index is 12.5. The second-order valence-electron chi connectivity index (χ2n) is 5.84. The van der Waals surface area contributed by atoms with Crippen LogP contribution in [0.1, 0.15) is 16.2 Å². The average Bonchev–Trinajstić information content (AvgIpc) is 3.10. The summed E-state index contributed by atoms with van der Waals surface area (Å²) in [5, 5.41) is 8.96. The third kappa shape index (κ3) is 4.64. The van der Waals surface area contributed by atoms with Crippen LogP contribution in [0.4, 0.5) is 0 Å². The number of para-hydroxylation sites is 1. The van der Waals surface area contributed by atoms with Crippen LogP contribution >= 0.6 is 11.8 Å². The predicted molar refractivity (Wildman–Crippen MR) is 106 cm³/mol. The minimum absolute atomic E-state index is 0.0314. The first-order valence-electron chi connectivity index (χ1n) is 8.56. The second-order valence-corrected chi connectivity index (χ2v) is 6.78. The lowest BCUT2D eigenvalue weighted by Crippen LogP contribution is -2.06. The van der Waals surface area contributed by atoms with Gasteiger partial charge in [0.05, 0.1) is 20.0 Å². The number of ether oxygens (including phenoxy) is 3. The van der Waals surface area contributed by atoms with Crippen LogP contribution in [0.5, 0.6) is 17.2 Å². The SMILES string of the molecule is COc1ccc(C(=O)CSc2nnc(COc3ccccc3)n2C)cc1OC.